The Morgan fingerprint density at radius 2 is 1.76 bits per heavy atom. The SMILES string of the molecule is CCN(CC)CCCN(CC)C(=O)C1CCCC(C)C1N. The van der Waals surface area contributed by atoms with E-state index in [-0.39, 0.29) is 17.9 Å². The van der Waals surface area contributed by atoms with E-state index in [2.05, 4.69) is 32.6 Å². The van der Waals surface area contributed by atoms with E-state index in [0.717, 1.165) is 52.0 Å². The fourth-order valence-corrected chi connectivity index (χ4v) is 3.41. The Kier molecular flexibility index (Phi) is 8.27. The summed E-state index contributed by atoms with van der Waals surface area (Å²) in [6.45, 7) is 13.5. The molecule has 4 nitrogen and oxygen atoms in total. The van der Waals surface area contributed by atoms with E-state index >= 15 is 0 Å². The molecule has 1 fully saturated rings. The minimum Gasteiger partial charge on any atom is -0.343 e. The van der Waals surface area contributed by atoms with Crippen LogP contribution >= 0.6 is 0 Å². The van der Waals surface area contributed by atoms with Gasteiger partial charge in [-0.2, -0.15) is 0 Å². The smallest absolute Gasteiger partial charge is 0.227 e. The molecule has 0 bridgehead atoms. The van der Waals surface area contributed by atoms with Gasteiger partial charge in [0.15, 0.2) is 0 Å². The quantitative estimate of drug-likeness (QED) is 0.748. The van der Waals surface area contributed by atoms with Crippen LogP contribution in [-0.2, 0) is 4.79 Å². The van der Waals surface area contributed by atoms with Gasteiger partial charge in [0.05, 0.1) is 5.92 Å². The van der Waals surface area contributed by atoms with Crippen LogP contribution < -0.4 is 5.73 Å². The Balaban J connectivity index is 2.48. The molecule has 4 heteroatoms. The van der Waals surface area contributed by atoms with Crippen molar-refractivity contribution in [3.63, 3.8) is 0 Å². The van der Waals surface area contributed by atoms with Crippen molar-refractivity contribution in [3.05, 3.63) is 0 Å². The minimum absolute atomic E-state index is 0.0437. The van der Waals surface area contributed by atoms with E-state index in [1.807, 2.05) is 4.90 Å². The molecule has 0 aromatic carbocycles. The standard InChI is InChI=1S/C17H35N3O/c1-5-19(6-2)12-9-13-20(7-3)17(21)15-11-8-10-14(4)16(15)18/h14-16H,5-13,18H2,1-4H3. The van der Waals surface area contributed by atoms with Gasteiger partial charge in [0.25, 0.3) is 0 Å². The molecule has 1 aliphatic carbocycles. The summed E-state index contributed by atoms with van der Waals surface area (Å²) < 4.78 is 0. The summed E-state index contributed by atoms with van der Waals surface area (Å²) >= 11 is 0. The summed E-state index contributed by atoms with van der Waals surface area (Å²) in [5, 5.41) is 0. The largest absolute Gasteiger partial charge is 0.343 e. The van der Waals surface area contributed by atoms with Gasteiger partial charge in [-0.05, 0) is 51.7 Å². The lowest BCUT2D eigenvalue weighted by molar-refractivity contribution is -0.137. The molecule has 1 saturated carbocycles. The van der Waals surface area contributed by atoms with Gasteiger partial charge in [-0.15, -0.1) is 0 Å². The first-order chi connectivity index (χ1) is 10.0. The summed E-state index contributed by atoms with van der Waals surface area (Å²) in [6.07, 6.45) is 4.33. The molecule has 124 valence electrons. The number of rotatable bonds is 8. The van der Waals surface area contributed by atoms with Gasteiger partial charge in [0, 0.05) is 19.1 Å². The van der Waals surface area contributed by atoms with E-state index in [9.17, 15) is 4.79 Å². The summed E-state index contributed by atoms with van der Waals surface area (Å²) in [5.41, 5.74) is 6.28. The van der Waals surface area contributed by atoms with Crippen molar-refractivity contribution >= 4 is 5.91 Å². The van der Waals surface area contributed by atoms with Crippen LogP contribution in [0.5, 0.6) is 0 Å². The zero-order valence-electron chi connectivity index (χ0n) is 14.5. The molecular weight excluding hydrogens is 262 g/mol. The zero-order chi connectivity index (χ0) is 15.8. The topological polar surface area (TPSA) is 49.6 Å². The Morgan fingerprint density at radius 1 is 1.10 bits per heavy atom. The fraction of sp³-hybridized carbons (Fsp3) is 0.941. The normalized spacial score (nSPS) is 26.1. The van der Waals surface area contributed by atoms with E-state index in [1.165, 1.54) is 6.42 Å². The van der Waals surface area contributed by atoms with E-state index in [0.29, 0.717) is 5.92 Å². The van der Waals surface area contributed by atoms with Crippen molar-refractivity contribution in [2.45, 2.75) is 59.4 Å². The molecule has 0 radical (unpaired) electrons. The minimum atomic E-state index is 0.0437. The first-order valence-electron chi connectivity index (χ1n) is 8.81. The highest BCUT2D eigenvalue weighted by Crippen LogP contribution is 2.29. The Labute approximate surface area is 131 Å². The first kappa shape index (κ1) is 18.4. The molecule has 21 heavy (non-hydrogen) atoms. The van der Waals surface area contributed by atoms with Crippen molar-refractivity contribution in [3.8, 4) is 0 Å². The highest BCUT2D eigenvalue weighted by molar-refractivity contribution is 5.79. The third kappa shape index (κ3) is 5.26. The van der Waals surface area contributed by atoms with Crippen LogP contribution in [0.1, 0.15) is 53.4 Å². The molecule has 1 aliphatic rings. The second-order valence-corrected chi connectivity index (χ2v) is 6.39. The summed E-state index contributed by atoms with van der Waals surface area (Å²) in [5.74, 6) is 0.806. The molecule has 1 amide bonds. The average Bonchev–Trinajstić information content (AvgIpc) is 2.50. The predicted octanol–water partition coefficient (Wildman–Crippen LogP) is 2.33. The number of nitrogens with two attached hydrogens (primary N) is 1. The Morgan fingerprint density at radius 3 is 2.33 bits per heavy atom. The predicted molar refractivity (Wildman–Crippen MR) is 89.1 cm³/mol. The molecule has 1 rings (SSSR count). The monoisotopic (exact) mass is 297 g/mol. The summed E-state index contributed by atoms with van der Waals surface area (Å²) in [4.78, 5) is 17.2. The maximum absolute atomic E-state index is 12.7. The van der Waals surface area contributed by atoms with Gasteiger partial charge in [-0.25, -0.2) is 0 Å². The van der Waals surface area contributed by atoms with Crippen LogP contribution in [0.3, 0.4) is 0 Å². The van der Waals surface area contributed by atoms with Crippen molar-refractivity contribution in [2.24, 2.45) is 17.6 Å². The van der Waals surface area contributed by atoms with Crippen molar-refractivity contribution < 1.29 is 4.79 Å². The second-order valence-electron chi connectivity index (χ2n) is 6.39. The zero-order valence-corrected chi connectivity index (χ0v) is 14.5. The molecule has 2 N–H and O–H groups in total. The van der Waals surface area contributed by atoms with Gasteiger partial charge in [-0.1, -0.05) is 27.2 Å². The number of nitrogens with zero attached hydrogens (tertiary/aromatic N) is 2. The molecule has 3 atom stereocenters. The molecule has 0 heterocycles. The lowest BCUT2D eigenvalue weighted by atomic mass is 9.77. The van der Waals surface area contributed by atoms with E-state index < -0.39 is 0 Å². The molecular formula is C17H35N3O. The third-order valence-corrected chi connectivity index (χ3v) is 5.10. The van der Waals surface area contributed by atoms with Gasteiger partial charge >= 0.3 is 0 Å². The summed E-state index contributed by atoms with van der Waals surface area (Å²) in [6, 6.07) is 0.0445. The maximum atomic E-state index is 12.7. The van der Waals surface area contributed by atoms with Gasteiger partial charge in [-0.3, -0.25) is 4.79 Å². The first-order valence-corrected chi connectivity index (χ1v) is 8.81. The number of carbonyl (C=O) groups is 1. The lowest BCUT2D eigenvalue weighted by Crippen LogP contribution is -2.49. The Bertz CT molecular complexity index is 304. The summed E-state index contributed by atoms with van der Waals surface area (Å²) in [7, 11) is 0. The lowest BCUT2D eigenvalue weighted by Gasteiger charge is -2.36. The molecule has 0 aliphatic heterocycles. The van der Waals surface area contributed by atoms with Gasteiger partial charge < -0.3 is 15.5 Å². The van der Waals surface area contributed by atoms with Crippen LogP contribution in [0.15, 0.2) is 0 Å². The van der Waals surface area contributed by atoms with Crippen molar-refractivity contribution in [2.75, 3.05) is 32.7 Å². The third-order valence-electron chi connectivity index (χ3n) is 5.10. The molecule has 0 aromatic heterocycles. The molecule has 3 unspecified atom stereocenters. The number of carbonyl (C=O) groups excluding carboxylic acids is 1. The van der Waals surface area contributed by atoms with E-state index in [1.54, 1.807) is 0 Å². The highest BCUT2D eigenvalue weighted by atomic mass is 16.2. The van der Waals surface area contributed by atoms with Gasteiger partial charge in [0.2, 0.25) is 5.91 Å². The van der Waals surface area contributed by atoms with Crippen LogP contribution in [0.4, 0.5) is 0 Å². The number of amides is 1. The fourth-order valence-electron chi connectivity index (χ4n) is 3.41. The highest BCUT2D eigenvalue weighted by Gasteiger charge is 2.34. The van der Waals surface area contributed by atoms with Gasteiger partial charge in [0.1, 0.15) is 0 Å². The van der Waals surface area contributed by atoms with Crippen molar-refractivity contribution in [1.82, 2.24) is 9.80 Å². The van der Waals surface area contributed by atoms with Crippen molar-refractivity contribution in [1.29, 1.82) is 0 Å². The Hall–Kier alpha value is -0.610. The van der Waals surface area contributed by atoms with Crippen LogP contribution in [0, 0.1) is 11.8 Å². The van der Waals surface area contributed by atoms with E-state index in [4.69, 9.17) is 5.73 Å². The average molecular weight is 297 g/mol. The molecule has 0 aromatic rings. The second kappa shape index (κ2) is 9.42. The number of hydrogen-bond acceptors (Lipinski definition) is 3. The van der Waals surface area contributed by atoms with Crippen LogP contribution in [-0.4, -0.2) is 54.5 Å². The maximum Gasteiger partial charge on any atom is 0.227 e. The molecule has 0 saturated heterocycles. The number of hydrogen-bond donors (Lipinski definition) is 1. The van der Waals surface area contributed by atoms with Crippen LogP contribution in [0.2, 0.25) is 0 Å². The molecule has 0 spiro atoms. The van der Waals surface area contributed by atoms with Crippen LogP contribution in [0.25, 0.3) is 0 Å².